The third kappa shape index (κ3) is 4.97. The van der Waals surface area contributed by atoms with Crippen LogP contribution >= 0.6 is 0 Å². The molecule has 0 bridgehead atoms. The number of hydrogen-bond donors (Lipinski definition) is 1. The van der Waals surface area contributed by atoms with Crippen LogP contribution in [0.25, 0.3) is 11.5 Å². The van der Waals surface area contributed by atoms with Gasteiger partial charge in [0, 0.05) is 18.3 Å². The van der Waals surface area contributed by atoms with Gasteiger partial charge in [0.1, 0.15) is 5.76 Å². The lowest BCUT2D eigenvalue weighted by Gasteiger charge is -2.33. The molecule has 0 saturated carbocycles. The number of aliphatic hydroxyl groups is 1. The molecule has 0 radical (unpaired) electrons. The van der Waals surface area contributed by atoms with Crippen molar-refractivity contribution in [2.45, 2.75) is 38.6 Å². The summed E-state index contributed by atoms with van der Waals surface area (Å²) >= 11 is 0. The first-order chi connectivity index (χ1) is 14.8. The fraction of sp³-hybridized carbons (Fsp3) is 0.391. The summed E-state index contributed by atoms with van der Waals surface area (Å²) in [5.41, 5.74) is 1.29. The second kappa shape index (κ2) is 8.80. The van der Waals surface area contributed by atoms with Crippen molar-refractivity contribution in [1.29, 1.82) is 0 Å². The van der Waals surface area contributed by atoms with Gasteiger partial charge in [-0.1, -0.05) is 6.07 Å². The third-order valence-electron chi connectivity index (χ3n) is 5.79. The number of alkyl halides is 3. The van der Waals surface area contributed by atoms with Crippen LogP contribution in [0.5, 0.6) is 0 Å². The van der Waals surface area contributed by atoms with E-state index in [0.717, 1.165) is 43.8 Å². The van der Waals surface area contributed by atoms with Crippen molar-refractivity contribution >= 4 is 0 Å². The summed E-state index contributed by atoms with van der Waals surface area (Å²) < 4.78 is 44.0. The Morgan fingerprint density at radius 3 is 2.45 bits per heavy atom. The van der Waals surface area contributed by atoms with E-state index in [4.69, 9.17) is 4.42 Å². The van der Waals surface area contributed by atoms with E-state index in [2.05, 4.69) is 14.9 Å². The number of rotatable bonds is 5. The van der Waals surface area contributed by atoms with E-state index in [1.54, 1.807) is 6.20 Å². The van der Waals surface area contributed by atoms with Gasteiger partial charge in [0.05, 0.1) is 23.1 Å². The molecule has 1 saturated heterocycles. The molecule has 1 unspecified atom stereocenters. The van der Waals surface area contributed by atoms with E-state index in [0.29, 0.717) is 29.5 Å². The number of nitrogens with zero attached hydrogens (tertiary/aromatic N) is 3. The van der Waals surface area contributed by atoms with Crippen molar-refractivity contribution in [3.05, 3.63) is 71.4 Å². The highest BCUT2D eigenvalue weighted by molar-refractivity contribution is 5.54. The molecule has 0 spiro atoms. The molecule has 1 aromatic carbocycles. The molecule has 0 aliphatic carbocycles. The van der Waals surface area contributed by atoms with Crippen LogP contribution in [0, 0.1) is 12.8 Å². The highest BCUT2D eigenvalue weighted by atomic mass is 19.4. The average Bonchev–Trinajstić information content (AvgIpc) is 3.14. The molecule has 8 heteroatoms. The maximum atomic E-state index is 12.8. The fourth-order valence-corrected chi connectivity index (χ4v) is 3.93. The Labute approximate surface area is 178 Å². The summed E-state index contributed by atoms with van der Waals surface area (Å²) in [4.78, 5) is 11.0. The Kier molecular flexibility index (Phi) is 6.11. The Balaban J connectivity index is 1.37. The minimum atomic E-state index is -4.37. The highest BCUT2D eigenvalue weighted by Gasteiger charge is 2.30. The molecule has 1 aliphatic rings. The zero-order valence-electron chi connectivity index (χ0n) is 17.1. The van der Waals surface area contributed by atoms with Gasteiger partial charge in [0.25, 0.3) is 0 Å². The van der Waals surface area contributed by atoms with Crippen LogP contribution < -0.4 is 0 Å². The number of pyridine rings is 1. The lowest BCUT2D eigenvalue weighted by molar-refractivity contribution is -0.137. The van der Waals surface area contributed by atoms with Gasteiger partial charge in [0.15, 0.2) is 0 Å². The number of aliphatic hydroxyl groups excluding tert-OH is 1. The minimum absolute atomic E-state index is 0.160. The van der Waals surface area contributed by atoms with Gasteiger partial charge >= 0.3 is 6.18 Å². The Bertz CT molecular complexity index is 995. The number of halogens is 3. The molecule has 164 valence electrons. The number of piperidine rings is 1. The topological polar surface area (TPSA) is 62.4 Å². The lowest BCUT2D eigenvalue weighted by Crippen LogP contribution is -2.35. The summed E-state index contributed by atoms with van der Waals surface area (Å²) in [6, 6.07) is 10.4. The highest BCUT2D eigenvalue weighted by Crippen LogP contribution is 2.32. The van der Waals surface area contributed by atoms with Crippen molar-refractivity contribution < 1.29 is 22.7 Å². The summed E-state index contributed by atoms with van der Waals surface area (Å²) in [6.45, 7) is 4.04. The Morgan fingerprint density at radius 2 is 1.84 bits per heavy atom. The molecular weight excluding hydrogens is 407 g/mol. The standard InChI is InChI=1S/C23H24F3N3O2/c1-15-20(28-22(31-15)17-5-7-18(8-6-17)23(24,25)26)14-29-12-9-16(10-13-29)21(30)19-4-2-3-11-27-19/h2-8,11,16,21,30H,9-10,12-14H2,1H3. The molecule has 1 fully saturated rings. The minimum Gasteiger partial charge on any atom is -0.441 e. The summed E-state index contributed by atoms with van der Waals surface area (Å²) in [5.74, 6) is 1.14. The lowest BCUT2D eigenvalue weighted by atomic mass is 9.89. The molecule has 4 rings (SSSR count). The monoisotopic (exact) mass is 431 g/mol. The largest absolute Gasteiger partial charge is 0.441 e. The predicted molar refractivity (Wildman–Crippen MR) is 109 cm³/mol. The zero-order valence-corrected chi connectivity index (χ0v) is 17.1. The first-order valence-corrected chi connectivity index (χ1v) is 10.3. The van der Waals surface area contributed by atoms with E-state index < -0.39 is 17.8 Å². The van der Waals surface area contributed by atoms with E-state index in [1.807, 2.05) is 25.1 Å². The van der Waals surface area contributed by atoms with Crippen LogP contribution in [0.1, 0.15) is 41.7 Å². The maximum Gasteiger partial charge on any atom is 0.416 e. The molecule has 5 nitrogen and oxygen atoms in total. The predicted octanol–water partition coefficient (Wildman–Crippen LogP) is 5.01. The van der Waals surface area contributed by atoms with E-state index in [-0.39, 0.29) is 5.92 Å². The van der Waals surface area contributed by atoms with Crippen LogP contribution in [0.15, 0.2) is 53.1 Å². The van der Waals surface area contributed by atoms with Crippen molar-refractivity contribution in [3.63, 3.8) is 0 Å². The Hall–Kier alpha value is -2.71. The SMILES string of the molecule is Cc1oc(-c2ccc(C(F)(F)F)cc2)nc1CN1CCC(C(O)c2ccccn2)CC1. The molecule has 2 aromatic heterocycles. The normalized spacial score (nSPS) is 17.1. The van der Waals surface area contributed by atoms with E-state index in [1.165, 1.54) is 12.1 Å². The quantitative estimate of drug-likeness (QED) is 0.615. The van der Waals surface area contributed by atoms with Gasteiger partial charge in [-0.05, 0) is 75.2 Å². The van der Waals surface area contributed by atoms with Crippen LogP contribution in [0.4, 0.5) is 13.2 Å². The van der Waals surface area contributed by atoms with Gasteiger partial charge in [-0.15, -0.1) is 0 Å². The fourth-order valence-electron chi connectivity index (χ4n) is 3.93. The van der Waals surface area contributed by atoms with E-state index in [9.17, 15) is 18.3 Å². The second-order valence-corrected chi connectivity index (χ2v) is 7.91. The van der Waals surface area contributed by atoms with Crippen molar-refractivity contribution in [3.8, 4) is 11.5 Å². The number of aromatic nitrogens is 2. The first-order valence-electron chi connectivity index (χ1n) is 10.3. The molecule has 1 aliphatic heterocycles. The number of oxazole rings is 1. The van der Waals surface area contributed by atoms with Crippen LogP contribution in [0.3, 0.4) is 0 Å². The first kappa shape index (κ1) is 21.5. The van der Waals surface area contributed by atoms with Crippen LogP contribution in [0.2, 0.25) is 0 Å². The van der Waals surface area contributed by atoms with Gasteiger partial charge in [-0.25, -0.2) is 4.98 Å². The summed E-state index contributed by atoms with van der Waals surface area (Å²) in [7, 11) is 0. The summed E-state index contributed by atoms with van der Waals surface area (Å²) in [5, 5.41) is 10.6. The number of likely N-dealkylation sites (tertiary alicyclic amines) is 1. The van der Waals surface area contributed by atoms with Crippen molar-refractivity contribution in [2.24, 2.45) is 5.92 Å². The zero-order chi connectivity index (χ0) is 22.0. The third-order valence-corrected chi connectivity index (χ3v) is 5.79. The maximum absolute atomic E-state index is 12.8. The van der Waals surface area contributed by atoms with Crippen LogP contribution in [-0.4, -0.2) is 33.1 Å². The van der Waals surface area contributed by atoms with Crippen molar-refractivity contribution in [2.75, 3.05) is 13.1 Å². The van der Waals surface area contributed by atoms with Gasteiger partial charge in [-0.2, -0.15) is 13.2 Å². The van der Waals surface area contributed by atoms with Gasteiger partial charge in [0.2, 0.25) is 5.89 Å². The molecule has 1 N–H and O–H groups in total. The van der Waals surface area contributed by atoms with Crippen LogP contribution in [-0.2, 0) is 12.7 Å². The molecule has 3 aromatic rings. The van der Waals surface area contributed by atoms with Gasteiger partial charge < -0.3 is 9.52 Å². The Morgan fingerprint density at radius 1 is 1.13 bits per heavy atom. The number of benzene rings is 1. The molecule has 3 heterocycles. The van der Waals surface area contributed by atoms with Crippen molar-refractivity contribution in [1.82, 2.24) is 14.9 Å². The average molecular weight is 431 g/mol. The second-order valence-electron chi connectivity index (χ2n) is 7.91. The summed E-state index contributed by atoms with van der Waals surface area (Å²) in [6.07, 6.45) is -1.55. The van der Waals surface area contributed by atoms with Gasteiger partial charge in [-0.3, -0.25) is 9.88 Å². The van der Waals surface area contributed by atoms with E-state index >= 15 is 0 Å². The molecule has 31 heavy (non-hydrogen) atoms. The smallest absolute Gasteiger partial charge is 0.416 e. The number of hydrogen-bond acceptors (Lipinski definition) is 5. The molecule has 1 atom stereocenters. The molecule has 0 amide bonds. The molecular formula is C23H24F3N3O2. The number of aryl methyl sites for hydroxylation is 1.